The molecule has 116 valence electrons. The summed E-state index contributed by atoms with van der Waals surface area (Å²) in [4.78, 5) is 13.9. The third kappa shape index (κ3) is 2.65. The fourth-order valence-corrected chi connectivity index (χ4v) is 3.06. The van der Waals surface area contributed by atoms with Gasteiger partial charge < -0.3 is 14.3 Å². The van der Waals surface area contributed by atoms with Crippen LogP contribution < -0.4 is 0 Å². The number of furan rings is 1. The van der Waals surface area contributed by atoms with Gasteiger partial charge in [-0.25, -0.2) is 4.79 Å². The van der Waals surface area contributed by atoms with E-state index in [-0.39, 0.29) is 18.4 Å². The van der Waals surface area contributed by atoms with Crippen LogP contribution in [0.25, 0.3) is 0 Å². The molecule has 0 fully saturated rings. The Morgan fingerprint density at radius 2 is 2.23 bits per heavy atom. The van der Waals surface area contributed by atoms with Gasteiger partial charge in [-0.15, -0.1) is 0 Å². The standard InChI is InChI=1S/C17H19NO4/c1-21-17(20)16-13(7-9-22-16)10-18-8-6-12-4-2-3-5-14(12)15(18)11-19/h2-5,7,9,15,19H,6,8,10-11H2,1H3. The maximum atomic E-state index is 11.7. The lowest BCUT2D eigenvalue weighted by atomic mass is 9.92. The minimum absolute atomic E-state index is 0.0441. The molecule has 0 aliphatic carbocycles. The maximum Gasteiger partial charge on any atom is 0.374 e. The van der Waals surface area contributed by atoms with Gasteiger partial charge in [0.1, 0.15) is 0 Å². The molecule has 1 aliphatic rings. The molecule has 1 unspecified atom stereocenters. The summed E-state index contributed by atoms with van der Waals surface area (Å²) in [5.74, 6) is -0.240. The van der Waals surface area contributed by atoms with Gasteiger partial charge in [-0.05, 0) is 23.6 Å². The minimum Gasteiger partial charge on any atom is -0.463 e. The molecule has 2 heterocycles. The first-order chi connectivity index (χ1) is 10.7. The lowest BCUT2D eigenvalue weighted by Gasteiger charge is -2.36. The highest BCUT2D eigenvalue weighted by molar-refractivity contribution is 5.87. The zero-order valence-electron chi connectivity index (χ0n) is 12.5. The lowest BCUT2D eigenvalue weighted by Crippen LogP contribution is -2.37. The number of benzene rings is 1. The Labute approximate surface area is 129 Å². The largest absolute Gasteiger partial charge is 0.463 e. The van der Waals surface area contributed by atoms with Crippen molar-refractivity contribution in [3.63, 3.8) is 0 Å². The van der Waals surface area contributed by atoms with Gasteiger partial charge in [-0.1, -0.05) is 24.3 Å². The van der Waals surface area contributed by atoms with Gasteiger partial charge in [0, 0.05) is 18.7 Å². The summed E-state index contributed by atoms with van der Waals surface area (Å²) >= 11 is 0. The Bertz CT molecular complexity index is 664. The number of carbonyl (C=O) groups is 1. The molecule has 22 heavy (non-hydrogen) atoms. The van der Waals surface area contributed by atoms with Gasteiger partial charge in [0.25, 0.3) is 0 Å². The summed E-state index contributed by atoms with van der Waals surface area (Å²) in [5, 5.41) is 9.80. The minimum atomic E-state index is -0.474. The van der Waals surface area contributed by atoms with E-state index in [0.29, 0.717) is 6.54 Å². The SMILES string of the molecule is COC(=O)c1occc1CN1CCc2ccccc2C1CO. The second-order valence-corrected chi connectivity index (χ2v) is 5.38. The van der Waals surface area contributed by atoms with E-state index in [9.17, 15) is 9.90 Å². The average molecular weight is 301 g/mol. The molecule has 0 saturated carbocycles. The Morgan fingerprint density at radius 1 is 1.41 bits per heavy atom. The quantitative estimate of drug-likeness (QED) is 0.877. The van der Waals surface area contributed by atoms with Crippen molar-refractivity contribution in [2.45, 2.75) is 19.0 Å². The molecule has 3 rings (SSSR count). The molecule has 5 heteroatoms. The Hall–Kier alpha value is -2.11. The van der Waals surface area contributed by atoms with Crippen molar-refractivity contribution < 1.29 is 19.1 Å². The second-order valence-electron chi connectivity index (χ2n) is 5.38. The summed E-state index contributed by atoms with van der Waals surface area (Å²) < 4.78 is 9.97. The smallest absolute Gasteiger partial charge is 0.374 e. The normalized spacial score (nSPS) is 18.0. The summed E-state index contributed by atoms with van der Waals surface area (Å²) in [6, 6.07) is 9.88. The topological polar surface area (TPSA) is 62.9 Å². The Kier molecular flexibility index (Phi) is 4.27. The van der Waals surface area contributed by atoms with Crippen molar-refractivity contribution in [3.8, 4) is 0 Å². The van der Waals surface area contributed by atoms with Crippen LogP contribution in [-0.2, 0) is 17.7 Å². The van der Waals surface area contributed by atoms with Crippen LogP contribution in [0.15, 0.2) is 41.0 Å². The lowest BCUT2D eigenvalue weighted by molar-refractivity contribution is 0.0558. The second kappa shape index (κ2) is 6.34. The third-order valence-electron chi connectivity index (χ3n) is 4.19. The van der Waals surface area contributed by atoms with Crippen LogP contribution in [0.4, 0.5) is 0 Å². The highest BCUT2D eigenvalue weighted by Crippen LogP contribution is 2.31. The van der Waals surface area contributed by atoms with Gasteiger partial charge in [0.05, 0.1) is 26.0 Å². The predicted octanol–water partition coefficient (Wildman–Crippen LogP) is 2.16. The molecule has 5 nitrogen and oxygen atoms in total. The first-order valence-electron chi connectivity index (χ1n) is 7.32. The number of aliphatic hydroxyl groups excluding tert-OH is 1. The number of carbonyl (C=O) groups excluding carboxylic acids is 1. The van der Waals surface area contributed by atoms with E-state index in [4.69, 9.17) is 9.15 Å². The number of hydrogen-bond donors (Lipinski definition) is 1. The van der Waals surface area contributed by atoms with Crippen LogP contribution >= 0.6 is 0 Å². The molecule has 0 spiro atoms. The van der Waals surface area contributed by atoms with Crippen molar-refractivity contribution in [2.75, 3.05) is 20.3 Å². The van der Waals surface area contributed by atoms with E-state index in [1.165, 1.54) is 18.9 Å². The first kappa shape index (κ1) is 14.8. The van der Waals surface area contributed by atoms with Crippen molar-refractivity contribution in [3.05, 3.63) is 59.0 Å². The van der Waals surface area contributed by atoms with E-state index in [1.54, 1.807) is 6.07 Å². The third-order valence-corrected chi connectivity index (χ3v) is 4.19. The number of ether oxygens (including phenoxy) is 1. The van der Waals surface area contributed by atoms with Crippen LogP contribution in [0, 0.1) is 0 Å². The Balaban J connectivity index is 1.84. The molecule has 1 N–H and O–H groups in total. The summed E-state index contributed by atoms with van der Waals surface area (Å²) in [7, 11) is 1.34. The van der Waals surface area contributed by atoms with Crippen molar-refractivity contribution in [2.24, 2.45) is 0 Å². The number of fused-ring (bicyclic) bond motifs is 1. The molecule has 1 aliphatic heterocycles. The molecule has 2 aromatic rings. The highest BCUT2D eigenvalue weighted by atomic mass is 16.5. The van der Waals surface area contributed by atoms with Gasteiger partial charge in [-0.3, -0.25) is 4.90 Å². The van der Waals surface area contributed by atoms with Crippen LogP contribution in [-0.4, -0.2) is 36.2 Å². The monoisotopic (exact) mass is 301 g/mol. The zero-order chi connectivity index (χ0) is 15.5. The maximum absolute atomic E-state index is 11.7. The molecule has 0 bridgehead atoms. The van der Waals surface area contributed by atoms with Gasteiger partial charge in [0.15, 0.2) is 0 Å². The van der Waals surface area contributed by atoms with E-state index in [1.807, 2.05) is 12.1 Å². The number of esters is 1. The van der Waals surface area contributed by atoms with Gasteiger partial charge in [0.2, 0.25) is 5.76 Å². The number of methoxy groups -OCH3 is 1. The Morgan fingerprint density at radius 3 is 3.00 bits per heavy atom. The van der Waals surface area contributed by atoms with Crippen LogP contribution in [0.1, 0.15) is 33.3 Å². The van der Waals surface area contributed by atoms with Crippen LogP contribution in [0.3, 0.4) is 0 Å². The summed E-state index contributed by atoms with van der Waals surface area (Å²) in [5.41, 5.74) is 3.21. The van der Waals surface area contributed by atoms with Crippen LogP contribution in [0.2, 0.25) is 0 Å². The molecule has 1 atom stereocenters. The zero-order valence-corrected chi connectivity index (χ0v) is 12.5. The van der Waals surface area contributed by atoms with Gasteiger partial charge in [-0.2, -0.15) is 0 Å². The molecular weight excluding hydrogens is 282 g/mol. The van der Waals surface area contributed by atoms with E-state index in [0.717, 1.165) is 24.1 Å². The van der Waals surface area contributed by atoms with Crippen molar-refractivity contribution in [1.29, 1.82) is 0 Å². The molecule has 0 amide bonds. The fourth-order valence-electron chi connectivity index (χ4n) is 3.06. The molecule has 0 saturated heterocycles. The molecule has 0 radical (unpaired) electrons. The summed E-state index contributed by atoms with van der Waals surface area (Å²) in [6.45, 7) is 1.41. The average Bonchev–Trinajstić information content (AvgIpc) is 3.02. The fraction of sp³-hybridized carbons (Fsp3) is 0.353. The number of rotatable bonds is 4. The summed E-state index contributed by atoms with van der Waals surface area (Å²) in [6.07, 6.45) is 2.42. The van der Waals surface area contributed by atoms with E-state index < -0.39 is 5.97 Å². The first-order valence-corrected chi connectivity index (χ1v) is 7.32. The van der Waals surface area contributed by atoms with E-state index >= 15 is 0 Å². The highest BCUT2D eigenvalue weighted by Gasteiger charge is 2.28. The van der Waals surface area contributed by atoms with Crippen molar-refractivity contribution in [1.82, 2.24) is 4.90 Å². The number of hydrogen-bond acceptors (Lipinski definition) is 5. The van der Waals surface area contributed by atoms with Crippen LogP contribution in [0.5, 0.6) is 0 Å². The number of nitrogens with zero attached hydrogens (tertiary/aromatic N) is 1. The number of aliphatic hydroxyl groups is 1. The van der Waals surface area contributed by atoms with Crippen molar-refractivity contribution >= 4 is 5.97 Å². The molecular formula is C17H19NO4. The van der Waals surface area contributed by atoms with E-state index in [2.05, 4.69) is 17.0 Å². The molecule has 1 aromatic carbocycles. The van der Waals surface area contributed by atoms with Gasteiger partial charge >= 0.3 is 5.97 Å². The predicted molar refractivity (Wildman–Crippen MR) is 80.4 cm³/mol. The molecule has 1 aromatic heterocycles.